The lowest BCUT2D eigenvalue weighted by molar-refractivity contribution is -0.129. The Hall–Kier alpha value is -1.85. The number of carbonyl (C=O) groups excluding carboxylic acids is 1. The van der Waals surface area contributed by atoms with E-state index in [0.29, 0.717) is 13.2 Å². The first kappa shape index (κ1) is 15.1. The van der Waals surface area contributed by atoms with Crippen molar-refractivity contribution in [1.29, 1.82) is 0 Å². The van der Waals surface area contributed by atoms with Crippen LogP contribution >= 0.6 is 11.8 Å². The van der Waals surface area contributed by atoms with Crippen LogP contribution in [-0.2, 0) is 16.1 Å². The minimum Gasteiger partial charge on any atom is -0.364 e. The van der Waals surface area contributed by atoms with Crippen LogP contribution in [0, 0.1) is 0 Å². The molecule has 1 unspecified atom stereocenters. The zero-order chi connectivity index (χ0) is 15.4. The number of pyridine rings is 1. The van der Waals surface area contributed by atoms with Gasteiger partial charge < -0.3 is 9.64 Å². The van der Waals surface area contributed by atoms with Crippen molar-refractivity contribution in [3.63, 3.8) is 0 Å². The highest BCUT2D eigenvalue weighted by Crippen LogP contribution is 2.32. The van der Waals surface area contributed by atoms with Gasteiger partial charge in [0.15, 0.2) is 0 Å². The van der Waals surface area contributed by atoms with E-state index in [9.17, 15) is 4.79 Å². The molecule has 1 atom stereocenters. The van der Waals surface area contributed by atoms with Crippen molar-refractivity contribution < 1.29 is 9.53 Å². The molecule has 114 valence electrons. The molecule has 0 aliphatic carbocycles. The predicted molar refractivity (Wildman–Crippen MR) is 88.0 cm³/mol. The maximum atomic E-state index is 12.6. The molecule has 0 N–H and O–H groups in total. The van der Waals surface area contributed by atoms with Crippen LogP contribution in [0.15, 0.2) is 53.7 Å². The molecule has 0 saturated carbocycles. The van der Waals surface area contributed by atoms with Crippen molar-refractivity contribution >= 4 is 23.4 Å². The summed E-state index contributed by atoms with van der Waals surface area (Å²) in [5.41, 5.74) is 1.96. The van der Waals surface area contributed by atoms with Crippen LogP contribution in [0.5, 0.6) is 0 Å². The number of carbonyl (C=O) groups is 1. The van der Waals surface area contributed by atoms with Gasteiger partial charge in [-0.25, -0.2) is 4.98 Å². The second kappa shape index (κ2) is 6.94. The quantitative estimate of drug-likeness (QED) is 0.869. The average Bonchev–Trinajstić information content (AvgIpc) is 2.59. The maximum Gasteiger partial charge on any atom is 0.255 e. The normalized spacial score (nSPS) is 15.2. The Morgan fingerprint density at radius 2 is 2.14 bits per heavy atom. The smallest absolute Gasteiger partial charge is 0.255 e. The van der Waals surface area contributed by atoms with Gasteiger partial charge in [0.1, 0.15) is 11.1 Å². The van der Waals surface area contributed by atoms with Gasteiger partial charge in [0.2, 0.25) is 0 Å². The van der Waals surface area contributed by atoms with Gasteiger partial charge in [-0.05, 0) is 24.6 Å². The molecule has 4 nitrogen and oxygen atoms in total. The van der Waals surface area contributed by atoms with Gasteiger partial charge in [-0.3, -0.25) is 4.79 Å². The van der Waals surface area contributed by atoms with Crippen LogP contribution in [0.2, 0.25) is 0 Å². The Morgan fingerprint density at radius 1 is 1.32 bits per heavy atom. The minimum atomic E-state index is -0.476. The molecule has 5 heteroatoms. The molecule has 1 amide bonds. The molecule has 0 spiro atoms. The van der Waals surface area contributed by atoms with Crippen molar-refractivity contribution in [3.05, 3.63) is 54.2 Å². The average molecular weight is 314 g/mol. The highest BCUT2D eigenvalue weighted by Gasteiger charge is 2.27. The van der Waals surface area contributed by atoms with Gasteiger partial charge in [-0.2, -0.15) is 0 Å². The first-order chi connectivity index (χ1) is 10.8. The fourth-order valence-corrected chi connectivity index (χ4v) is 3.30. The number of fused-ring (bicyclic) bond motifs is 1. The lowest BCUT2D eigenvalue weighted by Gasteiger charge is -2.30. The molecule has 2 aromatic rings. The van der Waals surface area contributed by atoms with E-state index in [1.54, 1.807) is 22.9 Å². The number of aromatic nitrogens is 1. The van der Waals surface area contributed by atoms with Crippen molar-refractivity contribution in [3.8, 4) is 0 Å². The van der Waals surface area contributed by atoms with Crippen molar-refractivity contribution in [1.82, 2.24) is 4.98 Å². The first-order valence-corrected chi connectivity index (χ1v) is 8.29. The van der Waals surface area contributed by atoms with Crippen LogP contribution < -0.4 is 4.90 Å². The maximum absolute atomic E-state index is 12.6. The van der Waals surface area contributed by atoms with Gasteiger partial charge in [-0.15, -0.1) is 11.8 Å². The van der Waals surface area contributed by atoms with E-state index in [0.717, 1.165) is 22.0 Å². The number of benzene rings is 1. The van der Waals surface area contributed by atoms with Crippen LogP contribution in [-0.4, -0.2) is 29.3 Å². The molecule has 1 aliphatic rings. The van der Waals surface area contributed by atoms with Crippen LogP contribution in [0.25, 0.3) is 0 Å². The number of amides is 1. The monoisotopic (exact) mass is 314 g/mol. The summed E-state index contributed by atoms with van der Waals surface area (Å²) < 4.78 is 5.74. The summed E-state index contributed by atoms with van der Waals surface area (Å²) in [5, 5.41) is 0.914. The standard InChI is InChI=1S/C17H18N2O2S/c1-13(21-12-14-6-3-2-4-7-14)17(20)19-10-11-22-16-15(19)8-5-9-18-16/h2-9,13H,10-12H2,1H3. The number of ether oxygens (including phenoxy) is 1. The van der Waals surface area contributed by atoms with Gasteiger partial charge in [0, 0.05) is 18.5 Å². The van der Waals surface area contributed by atoms with Gasteiger partial charge >= 0.3 is 0 Å². The van der Waals surface area contributed by atoms with E-state index in [1.165, 1.54) is 0 Å². The van der Waals surface area contributed by atoms with E-state index >= 15 is 0 Å². The summed E-state index contributed by atoms with van der Waals surface area (Å²) in [6.07, 6.45) is 1.28. The van der Waals surface area contributed by atoms with Crippen molar-refractivity contribution in [2.75, 3.05) is 17.2 Å². The number of rotatable bonds is 4. The molecular formula is C17H18N2O2S. The topological polar surface area (TPSA) is 42.4 Å². The first-order valence-electron chi connectivity index (χ1n) is 7.30. The Bertz CT molecular complexity index is 648. The number of nitrogens with zero attached hydrogens (tertiary/aromatic N) is 2. The summed E-state index contributed by atoms with van der Waals surface area (Å²) in [5.74, 6) is 0.853. The molecule has 3 rings (SSSR count). The zero-order valence-electron chi connectivity index (χ0n) is 12.4. The molecule has 0 saturated heterocycles. The number of anilines is 1. The molecule has 1 aromatic heterocycles. The van der Waals surface area contributed by atoms with Gasteiger partial charge in [-0.1, -0.05) is 30.3 Å². The SMILES string of the molecule is CC(OCc1ccccc1)C(=O)N1CCSc2ncccc21. The van der Waals surface area contributed by atoms with Crippen molar-refractivity contribution in [2.45, 2.75) is 24.7 Å². The van der Waals surface area contributed by atoms with E-state index in [2.05, 4.69) is 4.98 Å². The highest BCUT2D eigenvalue weighted by atomic mass is 32.2. The van der Waals surface area contributed by atoms with Crippen LogP contribution in [0.3, 0.4) is 0 Å². The third kappa shape index (κ3) is 3.31. The predicted octanol–water partition coefficient (Wildman–Crippen LogP) is 3.13. The molecule has 1 aliphatic heterocycles. The van der Waals surface area contributed by atoms with E-state index in [4.69, 9.17) is 4.74 Å². The Kier molecular flexibility index (Phi) is 4.75. The fraction of sp³-hybridized carbons (Fsp3) is 0.294. The Balaban J connectivity index is 1.66. The molecule has 0 fully saturated rings. The molecular weight excluding hydrogens is 296 g/mol. The number of thioether (sulfide) groups is 1. The molecule has 22 heavy (non-hydrogen) atoms. The second-order valence-corrected chi connectivity index (χ2v) is 6.19. The highest BCUT2D eigenvalue weighted by molar-refractivity contribution is 7.99. The second-order valence-electron chi connectivity index (χ2n) is 5.10. The van der Waals surface area contributed by atoms with Crippen LogP contribution in [0.1, 0.15) is 12.5 Å². The molecule has 2 heterocycles. The Morgan fingerprint density at radius 3 is 2.95 bits per heavy atom. The number of hydrogen-bond donors (Lipinski definition) is 0. The summed E-state index contributed by atoms with van der Waals surface area (Å²) in [7, 11) is 0. The Labute approximate surface area is 134 Å². The minimum absolute atomic E-state index is 0.00881. The van der Waals surface area contributed by atoms with Crippen molar-refractivity contribution in [2.24, 2.45) is 0 Å². The lowest BCUT2D eigenvalue weighted by atomic mass is 10.2. The largest absolute Gasteiger partial charge is 0.364 e. The lowest BCUT2D eigenvalue weighted by Crippen LogP contribution is -2.42. The molecule has 0 radical (unpaired) electrons. The van der Waals surface area contributed by atoms with Crippen LogP contribution in [0.4, 0.5) is 5.69 Å². The van der Waals surface area contributed by atoms with E-state index in [-0.39, 0.29) is 5.91 Å². The summed E-state index contributed by atoms with van der Waals surface area (Å²) in [4.78, 5) is 18.8. The zero-order valence-corrected chi connectivity index (χ0v) is 13.3. The summed E-state index contributed by atoms with van der Waals surface area (Å²) in [6, 6.07) is 13.7. The molecule has 1 aromatic carbocycles. The molecule has 0 bridgehead atoms. The van der Waals surface area contributed by atoms with E-state index in [1.807, 2.05) is 49.4 Å². The van der Waals surface area contributed by atoms with Gasteiger partial charge in [0.05, 0.1) is 12.3 Å². The third-order valence-corrected chi connectivity index (χ3v) is 4.53. The summed E-state index contributed by atoms with van der Waals surface area (Å²) in [6.45, 7) is 2.94. The van der Waals surface area contributed by atoms with E-state index < -0.39 is 6.10 Å². The fourth-order valence-electron chi connectivity index (χ4n) is 2.37. The van der Waals surface area contributed by atoms with Gasteiger partial charge in [0.25, 0.3) is 5.91 Å². The number of hydrogen-bond acceptors (Lipinski definition) is 4. The summed E-state index contributed by atoms with van der Waals surface area (Å²) >= 11 is 1.69. The third-order valence-electron chi connectivity index (χ3n) is 3.55.